The zero-order valence-electron chi connectivity index (χ0n) is 9.85. The maximum Gasteiger partial charge on any atom is 0.338 e. The summed E-state index contributed by atoms with van der Waals surface area (Å²) in [6.45, 7) is 1.45. The van der Waals surface area contributed by atoms with Gasteiger partial charge in [-0.05, 0) is 24.6 Å². The summed E-state index contributed by atoms with van der Waals surface area (Å²) in [5.41, 5.74) is 0.543. The molecule has 0 aliphatic rings. The fourth-order valence-corrected chi connectivity index (χ4v) is 1.38. The van der Waals surface area contributed by atoms with Crippen LogP contribution < -0.4 is 0 Å². The van der Waals surface area contributed by atoms with Gasteiger partial charge in [0.2, 0.25) is 0 Å². The minimum Gasteiger partial charge on any atom is -0.465 e. The normalized spacial score (nSPS) is 11.8. The van der Waals surface area contributed by atoms with E-state index in [-0.39, 0.29) is 11.1 Å². The van der Waals surface area contributed by atoms with Crippen molar-refractivity contribution in [3.8, 4) is 0 Å². The first-order valence-electron chi connectivity index (χ1n) is 4.97. The molecule has 0 N–H and O–H groups in total. The first-order valence-corrected chi connectivity index (χ1v) is 4.97. The van der Waals surface area contributed by atoms with E-state index >= 15 is 0 Å². The molecule has 0 heterocycles. The highest BCUT2D eigenvalue weighted by molar-refractivity contribution is 6.03. The molecule has 5 heteroatoms. The second kappa shape index (κ2) is 5.45. The number of hydrogen-bond acceptors (Lipinski definition) is 4. The molecule has 0 aliphatic heterocycles. The molecule has 1 rings (SSSR count). The number of carbonyl (C=O) groups excluding carboxylic acids is 2. The van der Waals surface area contributed by atoms with Gasteiger partial charge in [0, 0.05) is 0 Å². The Morgan fingerprint density at radius 3 is 2.06 bits per heavy atom. The van der Waals surface area contributed by atoms with Crippen molar-refractivity contribution in [2.75, 3.05) is 14.2 Å². The average molecular weight is 237 g/mol. The Morgan fingerprint density at radius 1 is 1.06 bits per heavy atom. The van der Waals surface area contributed by atoms with Gasteiger partial charge in [-0.25, -0.2) is 14.7 Å². The van der Waals surface area contributed by atoms with Crippen molar-refractivity contribution in [3.63, 3.8) is 0 Å². The summed E-state index contributed by atoms with van der Waals surface area (Å²) in [7, 11) is 2.42. The lowest BCUT2D eigenvalue weighted by Gasteiger charge is -2.09. The lowest BCUT2D eigenvalue weighted by molar-refractivity contribution is 0.0554. The van der Waals surface area contributed by atoms with E-state index < -0.39 is 18.0 Å². The largest absolute Gasteiger partial charge is 0.465 e. The summed E-state index contributed by atoms with van der Waals surface area (Å²) in [4.78, 5) is 22.9. The van der Waals surface area contributed by atoms with E-state index in [1.807, 2.05) is 0 Å². The summed E-state index contributed by atoms with van der Waals surface area (Å²) < 4.78 is 9.10. The quantitative estimate of drug-likeness (QED) is 0.751. The van der Waals surface area contributed by atoms with E-state index in [9.17, 15) is 14.7 Å². The van der Waals surface area contributed by atoms with Gasteiger partial charge in [0.15, 0.2) is 0 Å². The minimum atomic E-state index is -0.981. The van der Waals surface area contributed by atoms with E-state index in [2.05, 4.69) is 9.47 Å². The Balaban J connectivity index is 3.31. The highest BCUT2D eigenvalue weighted by atomic mass is 16.5. The van der Waals surface area contributed by atoms with Gasteiger partial charge in [0.1, 0.15) is 6.10 Å². The summed E-state index contributed by atoms with van der Waals surface area (Å²) >= 11 is 0. The number of hydrogen-bond donors (Lipinski definition) is 0. The van der Waals surface area contributed by atoms with Crippen LogP contribution in [0.4, 0.5) is 0 Å². The van der Waals surface area contributed by atoms with Crippen molar-refractivity contribution in [2.24, 2.45) is 0 Å². The Morgan fingerprint density at radius 2 is 1.59 bits per heavy atom. The molecule has 0 saturated heterocycles. The van der Waals surface area contributed by atoms with Crippen molar-refractivity contribution in [3.05, 3.63) is 34.9 Å². The van der Waals surface area contributed by atoms with Gasteiger partial charge >= 0.3 is 11.9 Å². The van der Waals surface area contributed by atoms with Crippen molar-refractivity contribution in [2.45, 2.75) is 13.0 Å². The van der Waals surface area contributed by atoms with Crippen LogP contribution in [0.25, 0.3) is 0 Å². The fourth-order valence-electron chi connectivity index (χ4n) is 1.38. The van der Waals surface area contributed by atoms with Crippen LogP contribution in [0.15, 0.2) is 18.2 Å². The Bertz CT molecular complexity index is 437. The standard InChI is InChI=1S/C12H13O5/c1-7(13)8-4-5-9(11(14)16-2)10(6-8)12(15)17-3/h4-7H,1-3H3. The summed E-state index contributed by atoms with van der Waals surface area (Å²) in [5.74, 6) is -1.32. The van der Waals surface area contributed by atoms with Gasteiger partial charge < -0.3 is 9.47 Å². The monoisotopic (exact) mass is 237 g/mol. The van der Waals surface area contributed by atoms with Gasteiger partial charge in [-0.3, -0.25) is 0 Å². The zero-order chi connectivity index (χ0) is 13.0. The number of carbonyl (C=O) groups is 2. The number of rotatable bonds is 3. The van der Waals surface area contributed by atoms with Crippen LogP contribution in [0.3, 0.4) is 0 Å². The SMILES string of the molecule is COC(=O)c1ccc(C(C)[O])cc1C(=O)OC. The van der Waals surface area contributed by atoms with Gasteiger partial charge in [-0.15, -0.1) is 0 Å². The van der Waals surface area contributed by atoms with Crippen molar-refractivity contribution >= 4 is 11.9 Å². The van der Waals surface area contributed by atoms with E-state index in [0.717, 1.165) is 0 Å². The molecule has 0 aromatic heterocycles. The highest BCUT2D eigenvalue weighted by Gasteiger charge is 2.19. The molecule has 0 aliphatic carbocycles. The zero-order valence-corrected chi connectivity index (χ0v) is 9.85. The molecule has 1 unspecified atom stereocenters. The molecule has 17 heavy (non-hydrogen) atoms. The van der Waals surface area contributed by atoms with E-state index in [0.29, 0.717) is 5.56 Å². The van der Waals surface area contributed by atoms with Crippen molar-refractivity contribution in [1.29, 1.82) is 0 Å². The maximum atomic E-state index is 11.5. The van der Waals surface area contributed by atoms with Crippen molar-refractivity contribution < 1.29 is 24.2 Å². The Labute approximate surface area is 99.0 Å². The van der Waals surface area contributed by atoms with Crippen LogP contribution in [0, 0.1) is 0 Å². The molecule has 1 aromatic carbocycles. The number of benzene rings is 1. The topological polar surface area (TPSA) is 72.5 Å². The maximum absolute atomic E-state index is 11.5. The summed E-state index contributed by atoms with van der Waals surface area (Å²) in [6.07, 6.45) is -0.981. The second-order valence-corrected chi connectivity index (χ2v) is 3.43. The van der Waals surface area contributed by atoms with Crippen LogP contribution in [0.2, 0.25) is 0 Å². The molecule has 91 valence electrons. The van der Waals surface area contributed by atoms with Gasteiger partial charge in [0.25, 0.3) is 0 Å². The molecule has 0 amide bonds. The van der Waals surface area contributed by atoms with Crippen molar-refractivity contribution in [1.82, 2.24) is 0 Å². The van der Waals surface area contributed by atoms with E-state index in [4.69, 9.17) is 0 Å². The predicted octanol–water partition coefficient (Wildman–Crippen LogP) is 1.75. The third-order valence-corrected chi connectivity index (χ3v) is 2.32. The molecule has 0 fully saturated rings. The molecule has 0 bridgehead atoms. The first-order chi connectivity index (χ1) is 8.01. The molecular formula is C12H13O5. The molecule has 1 atom stereocenters. The van der Waals surface area contributed by atoms with E-state index in [1.165, 1.54) is 39.3 Å². The van der Waals surface area contributed by atoms with Gasteiger partial charge in [0.05, 0.1) is 25.3 Å². The summed E-state index contributed by atoms with van der Waals surface area (Å²) in [5, 5.41) is 11.3. The molecular weight excluding hydrogens is 224 g/mol. The first kappa shape index (κ1) is 13.2. The molecule has 5 nitrogen and oxygen atoms in total. The van der Waals surface area contributed by atoms with Crippen LogP contribution in [-0.4, -0.2) is 26.2 Å². The lowest BCUT2D eigenvalue weighted by Crippen LogP contribution is -2.12. The Hall–Kier alpha value is -1.88. The van der Waals surface area contributed by atoms with Crippen LogP contribution >= 0.6 is 0 Å². The highest BCUT2D eigenvalue weighted by Crippen LogP contribution is 2.19. The molecule has 0 spiro atoms. The number of ether oxygens (including phenoxy) is 2. The number of esters is 2. The van der Waals surface area contributed by atoms with E-state index in [1.54, 1.807) is 0 Å². The second-order valence-electron chi connectivity index (χ2n) is 3.43. The third kappa shape index (κ3) is 2.82. The van der Waals surface area contributed by atoms with Crippen LogP contribution in [0.5, 0.6) is 0 Å². The summed E-state index contributed by atoms with van der Waals surface area (Å²) in [6, 6.07) is 4.24. The molecule has 1 aromatic rings. The average Bonchev–Trinajstić information content (AvgIpc) is 2.35. The predicted molar refractivity (Wildman–Crippen MR) is 58.2 cm³/mol. The third-order valence-electron chi connectivity index (χ3n) is 2.32. The van der Waals surface area contributed by atoms with Gasteiger partial charge in [-0.2, -0.15) is 0 Å². The minimum absolute atomic E-state index is 0.0413. The fraction of sp³-hybridized carbons (Fsp3) is 0.333. The van der Waals surface area contributed by atoms with Crippen LogP contribution in [-0.2, 0) is 14.6 Å². The molecule has 1 radical (unpaired) electrons. The smallest absolute Gasteiger partial charge is 0.338 e. The lowest BCUT2D eigenvalue weighted by atomic mass is 10.0. The number of methoxy groups -OCH3 is 2. The molecule has 0 saturated carbocycles. The van der Waals surface area contributed by atoms with Crippen LogP contribution in [0.1, 0.15) is 39.3 Å². The van der Waals surface area contributed by atoms with Gasteiger partial charge in [-0.1, -0.05) is 6.07 Å². The Kier molecular flexibility index (Phi) is 4.23.